The molecular formula is C17H20N4O2. The van der Waals surface area contributed by atoms with Crippen molar-refractivity contribution in [3.63, 3.8) is 0 Å². The van der Waals surface area contributed by atoms with Gasteiger partial charge in [0.25, 0.3) is 0 Å². The second kappa shape index (κ2) is 7.42. The average molecular weight is 312 g/mol. The molecule has 2 rings (SSSR count). The SMILES string of the molecule is Cc1ccc(N)c(NC(=O)C(=O)NCc2cccc(CN)c2)c1. The van der Waals surface area contributed by atoms with Gasteiger partial charge in [-0.05, 0) is 35.7 Å². The first-order valence-corrected chi connectivity index (χ1v) is 7.23. The van der Waals surface area contributed by atoms with E-state index >= 15 is 0 Å². The van der Waals surface area contributed by atoms with Crippen LogP contribution in [0, 0.1) is 6.92 Å². The summed E-state index contributed by atoms with van der Waals surface area (Å²) in [6.07, 6.45) is 0. The van der Waals surface area contributed by atoms with E-state index in [1.807, 2.05) is 37.3 Å². The smallest absolute Gasteiger partial charge is 0.313 e. The molecule has 0 unspecified atom stereocenters. The van der Waals surface area contributed by atoms with Crippen LogP contribution in [0.3, 0.4) is 0 Å². The van der Waals surface area contributed by atoms with E-state index in [0.29, 0.717) is 17.9 Å². The van der Waals surface area contributed by atoms with Crippen molar-refractivity contribution in [2.45, 2.75) is 20.0 Å². The van der Waals surface area contributed by atoms with Gasteiger partial charge in [-0.15, -0.1) is 0 Å². The van der Waals surface area contributed by atoms with Crippen molar-refractivity contribution in [1.82, 2.24) is 5.32 Å². The zero-order valence-corrected chi connectivity index (χ0v) is 12.9. The summed E-state index contributed by atoms with van der Waals surface area (Å²) in [6.45, 7) is 2.55. The minimum absolute atomic E-state index is 0.253. The number of nitrogens with one attached hydrogen (secondary N) is 2. The zero-order chi connectivity index (χ0) is 16.8. The minimum Gasteiger partial charge on any atom is -0.397 e. The topological polar surface area (TPSA) is 110 Å². The Bertz CT molecular complexity index is 728. The molecule has 0 heterocycles. The molecule has 0 bridgehead atoms. The molecule has 0 atom stereocenters. The van der Waals surface area contributed by atoms with Crippen LogP contribution in [0.2, 0.25) is 0 Å². The summed E-state index contributed by atoms with van der Waals surface area (Å²) in [5.41, 5.74) is 15.0. The highest BCUT2D eigenvalue weighted by atomic mass is 16.2. The fourth-order valence-electron chi connectivity index (χ4n) is 2.09. The molecular weight excluding hydrogens is 292 g/mol. The van der Waals surface area contributed by atoms with Crippen LogP contribution in [-0.4, -0.2) is 11.8 Å². The van der Waals surface area contributed by atoms with E-state index in [9.17, 15) is 9.59 Å². The summed E-state index contributed by atoms with van der Waals surface area (Å²) < 4.78 is 0. The van der Waals surface area contributed by atoms with Gasteiger partial charge in [-0.2, -0.15) is 0 Å². The van der Waals surface area contributed by atoms with E-state index in [-0.39, 0.29) is 6.54 Å². The highest BCUT2D eigenvalue weighted by Crippen LogP contribution is 2.19. The predicted molar refractivity (Wildman–Crippen MR) is 90.4 cm³/mol. The van der Waals surface area contributed by atoms with Crippen LogP contribution in [0.25, 0.3) is 0 Å². The number of benzene rings is 2. The lowest BCUT2D eigenvalue weighted by Gasteiger charge is -2.10. The molecule has 23 heavy (non-hydrogen) atoms. The number of hydrogen-bond acceptors (Lipinski definition) is 4. The molecule has 2 amide bonds. The monoisotopic (exact) mass is 312 g/mol. The third kappa shape index (κ3) is 4.55. The van der Waals surface area contributed by atoms with Crippen LogP contribution in [0.1, 0.15) is 16.7 Å². The lowest BCUT2D eigenvalue weighted by atomic mass is 10.1. The minimum atomic E-state index is -0.753. The number of nitrogens with two attached hydrogens (primary N) is 2. The van der Waals surface area contributed by atoms with Crippen LogP contribution in [-0.2, 0) is 22.7 Å². The van der Waals surface area contributed by atoms with Crippen LogP contribution < -0.4 is 22.1 Å². The maximum atomic E-state index is 11.9. The van der Waals surface area contributed by atoms with Gasteiger partial charge in [0.05, 0.1) is 11.4 Å². The van der Waals surface area contributed by atoms with Gasteiger partial charge in [0.1, 0.15) is 0 Å². The van der Waals surface area contributed by atoms with Crippen molar-refractivity contribution in [2.75, 3.05) is 11.1 Å². The largest absolute Gasteiger partial charge is 0.397 e. The average Bonchev–Trinajstić information content (AvgIpc) is 2.56. The Balaban J connectivity index is 1.94. The molecule has 120 valence electrons. The molecule has 0 fully saturated rings. The van der Waals surface area contributed by atoms with Crippen molar-refractivity contribution < 1.29 is 9.59 Å². The van der Waals surface area contributed by atoms with Crippen molar-refractivity contribution in [3.05, 3.63) is 59.2 Å². The molecule has 6 nitrogen and oxygen atoms in total. The molecule has 0 saturated heterocycles. The second-order valence-corrected chi connectivity index (χ2v) is 5.25. The Hall–Kier alpha value is -2.86. The fourth-order valence-corrected chi connectivity index (χ4v) is 2.09. The van der Waals surface area contributed by atoms with E-state index < -0.39 is 11.8 Å². The first-order valence-electron chi connectivity index (χ1n) is 7.23. The highest BCUT2D eigenvalue weighted by Gasteiger charge is 2.14. The molecule has 0 aromatic heterocycles. The lowest BCUT2D eigenvalue weighted by molar-refractivity contribution is -0.136. The first-order chi connectivity index (χ1) is 11.0. The molecule has 6 heteroatoms. The van der Waals surface area contributed by atoms with Crippen LogP contribution in [0.15, 0.2) is 42.5 Å². The fraction of sp³-hybridized carbons (Fsp3) is 0.176. The number of hydrogen-bond donors (Lipinski definition) is 4. The lowest BCUT2D eigenvalue weighted by Crippen LogP contribution is -2.35. The maximum absolute atomic E-state index is 11.9. The van der Waals surface area contributed by atoms with Gasteiger partial charge in [-0.1, -0.05) is 30.3 Å². The summed E-state index contributed by atoms with van der Waals surface area (Å²) >= 11 is 0. The Morgan fingerprint density at radius 2 is 1.78 bits per heavy atom. The van der Waals surface area contributed by atoms with Gasteiger partial charge >= 0.3 is 11.8 Å². The number of nitrogen functional groups attached to an aromatic ring is 1. The van der Waals surface area contributed by atoms with E-state index in [1.54, 1.807) is 12.1 Å². The quantitative estimate of drug-likeness (QED) is 0.503. The van der Waals surface area contributed by atoms with Crippen molar-refractivity contribution in [2.24, 2.45) is 5.73 Å². The number of amides is 2. The molecule has 0 saturated carbocycles. The van der Waals surface area contributed by atoms with Crippen molar-refractivity contribution >= 4 is 23.2 Å². The normalized spacial score (nSPS) is 10.2. The van der Waals surface area contributed by atoms with Crippen molar-refractivity contribution in [3.8, 4) is 0 Å². The van der Waals surface area contributed by atoms with Crippen LogP contribution >= 0.6 is 0 Å². The zero-order valence-electron chi connectivity index (χ0n) is 12.9. The third-order valence-electron chi connectivity index (χ3n) is 3.34. The Morgan fingerprint density at radius 3 is 2.52 bits per heavy atom. The molecule has 6 N–H and O–H groups in total. The number of anilines is 2. The van der Waals surface area contributed by atoms with Gasteiger partial charge in [0, 0.05) is 13.1 Å². The summed E-state index contributed by atoms with van der Waals surface area (Å²) in [5, 5.41) is 5.09. The number of aryl methyl sites for hydroxylation is 1. The molecule has 2 aromatic carbocycles. The van der Waals surface area contributed by atoms with Crippen LogP contribution in [0.5, 0.6) is 0 Å². The van der Waals surface area contributed by atoms with E-state index in [1.165, 1.54) is 0 Å². The maximum Gasteiger partial charge on any atom is 0.313 e. The van der Waals surface area contributed by atoms with Crippen LogP contribution in [0.4, 0.5) is 11.4 Å². The second-order valence-electron chi connectivity index (χ2n) is 5.25. The number of rotatable bonds is 4. The van der Waals surface area contributed by atoms with Crippen molar-refractivity contribution in [1.29, 1.82) is 0 Å². The van der Waals surface area contributed by atoms with Gasteiger partial charge in [0.2, 0.25) is 0 Å². The predicted octanol–water partition coefficient (Wildman–Crippen LogP) is 1.29. The number of carbonyl (C=O) groups excluding carboxylic acids is 2. The van der Waals surface area contributed by atoms with Gasteiger partial charge in [-0.3, -0.25) is 9.59 Å². The van der Waals surface area contributed by atoms with Gasteiger partial charge in [-0.25, -0.2) is 0 Å². The van der Waals surface area contributed by atoms with Gasteiger partial charge in [0.15, 0.2) is 0 Å². The molecule has 0 aliphatic rings. The number of carbonyl (C=O) groups is 2. The Morgan fingerprint density at radius 1 is 1.04 bits per heavy atom. The molecule has 0 aliphatic carbocycles. The highest BCUT2D eigenvalue weighted by molar-refractivity contribution is 6.39. The molecule has 0 radical (unpaired) electrons. The molecule has 0 spiro atoms. The summed E-state index contributed by atoms with van der Waals surface area (Å²) in [4.78, 5) is 23.8. The van der Waals surface area contributed by atoms with E-state index in [4.69, 9.17) is 11.5 Å². The third-order valence-corrected chi connectivity index (χ3v) is 3.34. The summed E-state index contributed by atoms with van der Waals surface area (Å²) in [7, 11) is 0. The standard InChI is InChI=1S/C17H20N4O2/c1-11-5-6-14(19)15(7-11)21-17(23)16(22)20-10-13-4-2-3-12(8-13)9-18/h2-8H,9-10,18-19H2,1H3,(H,20,22)(H,21,23). The summed E-state index contributed by atoms with van der Waals surface area (Å²) in [5.74, 6) is -1.47. The molecule has 2 aromatic rings. The van der Waals surface area contributed by atoms with E-state index in [0.717, 1.165) is 16.7 Å². The van der Waals surface area contributed by atoms with E-state index in [2.05, 4.69) is 10.6 Å². The summed E-state index contributed by atoms with van der Waals surface area (Å²) in [6, 6.07) is 12.7. The van der Waals surface area contributed by atoms with Gasteiger partial charge < -0.3 is 22.1 Å². The Kier molecular flexibility index (Phi) is 5.32. The molecule has 0 aliphatic heterocycles. The Labute approximate surface area is 134 Å². The first kappa shape index (κ1) is 16.5.